The summed E-state index contributed by atoms with van der Waals surface area (Å²) in [5, 5.41) is 2.89. The molecule has 1 atom stereocenters. The molecule has 17 heavy (non-hydrogen) atoms. The van der Waals surface area contributed by atoms with Crippen LogP contribution in [0.2, 0.25) is 0 Å². The fourth-order valence-corrected chi connectivity index (χ4v) is 3.76. The van der Waals surface area contributed by atoms with Crippen LogP contribution in [0.4, 0.5) is 5.69 Å². The number of anilines is 1. The van der Waals surface area contributed by atoms with Crippen LogP contribution in [0.15, 0.2) is 23.4 Å². The van der Waals surface area contributed by atoms with Crippen LogP contribution < -0.4 is 5.32 Å². The summed E-state index contributed by atoms with van der Waals surface area (Å²) in [6, 6.07) is 1.67. The molecule has 0 amide bonds. The molecule has 1 aromatic rings. The summed E-state index contributed by atoms with van der Waals surface area (Å²) in [6.45, 7) is 3.26. The maximum Gasteiger partial charge on any atom is 0.246 e. The molecule has 1 fully saturated rings. The van der Waals surface area contributed by atoms with Gasteiger partial charge in [0.05, 0.1) is 5.69 Å². The molecular weight excluding hydrogens is 238 g/mol. The van der Waals surface area contributed by atoms with Gasteiger partial charge in [-0.1, -0.05) is 6.92 Å². The lowest BCUT2D eigenvalue weighted by Crippen LogP contribution is -2.29. The summed E-state index contributed by atoms with van der Waals surface area (Å²) in [5.74, 6) is 0.430. The van der Waals surface area contributed by atoms with Crippen molar-refractivity contribution in [3.8, 4) is 0 Å². The van der Waals surface area contributed by atoms with Gasteiger partial charge in [-0.25, -0.2) is 8.42 Å². The van der Waals surface area contributed by atoms with E-state index in [9.17, 15) is 8.42 Å². The number of aromatic nitrogens is 1. The average molecular weight is 255 g/mol. The average Bonchev–Trinajstić information content (AvgIpc) is 2.76. The van der Waals surface area contributed by atoms with E-state index in [4.69, 9.17) is 0 Å². The second kappa shape index (κ2) is 4.62. The molecule has 94 valence electrons. The predicted octanol–water partition coefficient (Wildman–Crippen LogP) is 1.15. The molecule has 0 spiro atoms. The Morgan fingerprint density at radius 3 is 2.88 bits per heavy atom. The maximum atomic E-state index is 12.4. The molecular formula is C11H17N3O2S. The Kier molecular flexibility index (Phi) is 3.35. The molecule has 1 aliphatic rings. The molecule has 2 rings (SSSR count). The number of hydrogen-bond acceptors (Lipinski definition) is 4. The number of nitrogens with one attached hydrogen (secondary N) is 1. The van der Waals surface area contributed by atoms with Gasteiger partial charge in [0.2, 0.25) is 10.0 Å². The van der Waals surface area contributed by atoms with Gasteiger partial charge in [-0.2, -0.15) is 4.31 Å². The van der Waals surface area contributed by atoms with Crippen LogP contribution in [0.3, 0.4) is 0 Å². The Morgan fingerprint density at radius 1 is 1.53 bits per heavy atom. The zero-order chi connectivity index (χ0) is 12.5. The van der Waals surface area contributed by atoms with Crippen LogP contribution in [-0.2, 0) is 10.0 Å². The normalized spacial score (nSPS) is 21.6. The number of pyridine rings is 1. The monoisotopic (exact) mass is 255 g/mol. The van der Waals surface area contributed by atoms with Gasteiger partial charge in [0.25, 0.3) is 0 Å². The van der Waals surface area contributed by atoms with Crippen LogP contribution in [0, 0.1) is 5.92 Å². The van der Waals surface area contributed by atoms with Crippen molar-refractivity contribution in [2.24, 2.45) is 5.92 Å². The lowest BCUT2D eigenvalue weighted by atomic mass is 10.2. The van der Waals surface area contributed by atoms with Gasteiger partial charge < -0.3 is 5.32 Å². The van der Waals surface area contributed by atoms with E-state index in [-0.39, 0.29) is 4.90 Å². The van der Waals surface area contributed by atoms with Crippen molar-refractivity contribution in [1.82, 2.24) is 9.29 Å². The fourth-order valence-electron chi connectivity index (χ4n) is 2.04. The number of nitrogens with zero attached hydrogens (tertiary/aromatic N) is 2. The molecule has 1 N–H and O–H groups in total. The third kappa shape index (κ3) is 2.28. The van der Waals surface area contributed by atoms with Crippen molar-refractivity contribution in [2.45, 2.75) is 18.2 Å². The molecule has 0 radical (unpaired) electrons. The van der Waals surface area contributed by atoms with Crippen molar-refractivity contribution < 1.29 is 8.42 Å². The molecule has 1 aromatic heterocycles. The minimum absolute atomic E-state index is 0.261. The zero-order valence-electron chi connectivity index (χ0n) is 10.0. The Labute approximate surface area is 102 Å². The second-order valence-corrected chi connectivity index (χ2v) is 6.29. The zero-order valence-corrected chi connectivity index (χ0v) is 10.9. The van der Waals surface area contributed by atoms with E-state index in [0.717, 1.165) is 6.42 Å². The molecule has 5 nitrogen and oxygen atoms in total. The first-order valence-corrected chi connectivity index (χ1v) is 7.11. The van der Waals surface area contributed by atoms with E-state index in [1.807, 2.05) is 0 Å². The highest BCUT2D eigenvalue weighted by Crippen LogP contribution is 2.27. The van der Waals surface area contributed by atoms with Crippen molar-refractivity contribution >= 4 is 15.7 Å². The van der Waals surface area contributed by atoms with Crippen molar-refractivity contribution in [2.75, 3.05) is 25.5 Å². The minimum atomic E-state index is -3.41. The van der Waals surface area contributed by atoms with Crippen LogP contribution in [0.5, 0.6) is 0 Å². The summed E-state index contributed by atoms with van der Waals surface area (Å²) in [7, 11) is -1.70. The van der Waals surface area contributed by atoms with E-state index < -0.39 is 10.0 Å². The quantitative estimate of drug-likeness (QED) is 0.880. The fraction of sp³-hybridized carbons (Fsp3) is 0.545. The largest absolute Gasteiger partial charge is 0.387 e. The summed E-state index contributed by atoms with van der Waals surface area (Å²) in [5.41, 5.74) is 0.597. The molecule has 0 aliphatic carbocycles. The Balaban J connectivity index is 2.38. The van der Waals surface area contributed by atoms with Crippen molar-refractivity contribution in [3.05, 3.63) is 18.5 Å². The lowest BCUT2D eigenvalue weighted by molar-refractivity contribution is 0.464. The van der Waals surface area contributed by atoms with E-state index >= 15 is 0 Å². The van der Waals surface area contributed by atoms with Crippen molar-refractivity contribution in [3.63, 3.8) is 0 Å². The van der Waals surface area contributed by atoms with Crippen LogP contribution in [-0.4, -0.2) is 37.8 Å². The van der Waals surface area contributed by atoms with Crippen LogP contribution >= 0.6 is 0 Å². The number of rotatable bonds is 3. The molecule has 1 saturated heterocycles. The lowest BCUT2D eigenvalue weighted by Gasteiger charge is -2.17. The van der Waals surface area contributed by atoms with Gasteiger partial charge in [-0.3, -0.25) is 4.98 Å². The van der Waals surface area contributed by atoms with Gasteiger partial charge >= 0.3 is 0 Å². The summed E-state index contributed by atoms with van der Waals surface area (Å²) >= 11 is 0. The standard InChI is InChI=1S/C11H17N3O2S/c1-9-4-6-14(8-9)17(15,16)11-7-13-5-3-10(11)12-2/h3,5,7,9H,4,6,8H2,1-2H3,(H,12,13). The molecule has 6 heteroatoms. The van der Waals surface area contributed by atoms with Gasteiger partial charge in [-0.15, -0.1) is 0 Å². The molecule has 0 aromatic carbocycles. The topological polar surface area (TPSA) is 62.3 Å². The van der Waals surface area contributed by atoms with E-state index in [1.54, 1.807) is 19.3 Å². The van der Waals surface area contributed by atoms with E-state index in [0.29, 0.717) is 24.7 Å². The number of sulfonamides is 1. The smallest absolute Gasteiger partial charge is 0.246 e. The maximum absolute atomic E-state index is 12.4. The molecule has 0 saturated carbocycles. The molecule has 0 bridgehead atoms. The van der Waals surface area contributed by atoms with Crippen LogP contribution in [0.25, 0.3) is 0 Å². The van der Waals surface area contributed by atoms with Gasteiger partial charge in [0.15, 0.2) is 0 Å². The van der Waals surface area contributed by atoms with E-state index in [2.05, 4.69) is 17.2 Å². The number of hydrogen-bond donors (Lipinski definition) is 1. The summed E-state index contributed by atoms with van der Waals surface area (Å²) in [6.07, 6.45) is 3.91. The third-order valence-corrected chi connectivity index (χ3v) is 4.95. The molecule has 2 heterocycles. The van der Waals surface area contributed by atoms with Crippen molar-refractivity contribution in [1.29, 1.82) is 0 Å². The summed E-state index contributed by atoms with van der Waals surface area (Å²) < 4.78 is 26.3. The first-order chi connectivity index (χ1) is 8.05. The second-order valence-electron chi connectivity index (χ2n) is 4.38. The highest BCUT2D eigenvalue weighted by atomic mass is 32.2. The highest BCUT2D eigenvalue weighted by Gasteiger charge is 2.32. The Bertz CT molecular complexity index is 501. The molecule has 1 unspecified atom stereocenters. The predicted molar refractivity (Wildman–Crippen MR) is 66.3 cm³/mol. The first kappa shape index (κ1) is 12.3. The highest BCUT2D eigenvalue weighted by molar-refractivity contribution is 7.89. The van der Waals surface area contributed by atoms with Crippen LogP contribution in [0.1, 0.15) is 13.3 Å². The van der Waals surface area contributed by atoms with Gasteiger partial charge in [0, 0.05) is 32.5 Å². The van der Waals surface area contributed by atoms with Gasteiger partial charge in [0.1, 0.15) is 4.90 Å². The SMILES string of the molecule is CNc1ccncc1S(=O)(=O)N1CCC(C)C1. The third-order valence-electron chi connectivity index (χ3n) is 3.06. The minimum Gasteiger partial charge on any atom is -0.387 e. The first-order valence-electron chi connectivity index (χ1n) is 5.67. The Morgan fingerprint density at radius 2 is 2.29 bits per heavy atom. The Hall–Kier alpha value is -1.14. The molecule has 1 aliphatic heterocycles. The van der Waals surface area contributed by atoms with Gasteiger partial charge in [-0.05, 0) is 18.4 Å². The van der Waals surface area contributed by atoms with E-state index in [1.165, 1.54) is 10.5 Å². The summed E-state index contributed by atoms with van der Waals surface area (Å²) in [4.78, 5) is 4.16.